The largest absolute Gasteiger partial charge is 0.490 e. The predicted molar refractivity (Wildman–Crippen MR) is 120 cm³/mol. The summed E-state index contributed by atoms with van der Waals surface area (Å²) < 4.78 is 12.3. The number of nitrogens with one attached hydrogen (secondary N) is 1. The van der Waals surface area contributed by atoms with Crippen molar-refractivity contribution in [2.45, 2.75) is 77.9 Å². The summed E-state index contributed by atoms with van der Waals surface area (Å²) in [5, 5.41) is 5.22. The minimum Gasteiger partial charge on any atom is -0.490 e. The molecule has 2 aromatic rings. The van der Waals surface area contributed by atoms with Gasteiger partial charge in [-0.25, -0.2) is 0 Å². The SMILES string of the molecule is CCCO[C@]1(C(=O)Nc2ccc(O[C@H](C)CC)c3ccccc23)CCC[C@@H](C)C1. The molecule has 2 aromatic carbocycles. The van der Waals surface area contributed by atoms with E-state index in [0.29, 0.717) is 12.5 Å². The summed E-state index contributed by atoms with van der Waals surface area (Å²) in [5.74, 6) is 1.34. The molecule has 0 unspecified atom stereocenters. The number of anilines is 1. The molecular formula is C25H35NO3. The lowest BCUT2D eigenvalue weighted by molar-refractivity contribution is -0.148. The maximum Gasteiger partial charge on any atom is 0.256 e. The summed E-state index contributed by atoms with van der Waals surface area (Å²) in [5.41, 5.74) is 0.0977. The normalized spacial score (nSPS) is 23.0. The number of carbonyl (C=O) groups is 1. The van der Waals surface area contributed by atoms with Gasteiger partial charge in [-0.2, -0.15) is 0 Å². The van der Waals surface area contributed by atoms with Crippen molar-refractivity contribution in [3.05, 3.63) is 36.4 Å². The molecule has 1 fully saturated rings. The van der Waals surface area contributed by atoms with Crippen molar-refractivity contribution in [1.29, 1.82) is 0 Å². The minimum absolute atomic E-state index is 0.0155. The van der Waals surface area contributed by atoms with Crippen LogP contribution in [0.3, 0.4) is 0 Å². The lowest BCUT2D eigenvalue weighted by Crippen LogP contribution is -2.48. The fraction of sp³-hybridized carbons (Fsp3) is 0.560. The highest BCUT2D eigenvalue weighted by Gasteiger charge is 2.42. The van der Waals surface area contributed by atoms with Crippen LogP contribution < -0.4 is 10.1 Å². The smallest absolute Gasteiger partial charge is 0.256 e. The third-order valence-electron chi connectivity index (χ3n) is 5.99. The zero-order chi connectivity index (χ0) is 20.9. The summed E-state index contributed by atoms with van der Waals surface area (Å²) in [4.78, 5) is 13.4. The van der Waals surface area contributed by atoms with Crippen molar-refractivity contribution >= 4 is 22.4 Å². The van der Waals surface area contributed by atoms with E-state index in [2.05, 4.69) is 39.1 Å². The zero-order valence-electron chi connectivity index (χ0n) is 18.3. The van der Waals surface area contributed by atoms with E-state index < -0.39 is 5.60 Å². The highest BCUT2D eigenvalue weighted by Crippen LogP contribution is 2.38. The molecule has 158 valence electrons. The molecule has 0 aromatic heterocycles. The van der Waals surface area contributed by atoms with Gasteiger partial charge in [0.1, 0.15) is 11.4 Å². The number of amides is 1. The maximum absolute atomic E-state index is 13.4. The molecule has 1 aliphatic carbocycles. The summed E-state index contributed by atoms with van der Waals surface area (Å²) in [6.07, 6.45) is 5.77. The standard InChI is InChI=1S/C25H35NO3/c1-5-16-28-25(15-9-10-18(3)17-25)24(27)26-22-13-14-23(29-19(4)6-2)21-12-8-7-11-20(21)22/h7-8,11-14,18-19H,5-6,9-10,15-17H2,1-4H3,(H,26,27)/t18-,19-,25-/m1/s1. The van der Waals surface area contributed by atoms with E-state index in [1.54, 1.807) is 0 Å². The van der Waals surface area contributed by atoms with Gasteiger partial charge in [0.05, 0.1) is 6.10 Å². The first kappa shape index (κ1) is 21.6. The fourth-order valence-electron chi connectivity index (χ4n) is 4.22. The number of ether oxygens (including phenoxy) is 2. The molecule has 0 aliphatic heterocycles. The monoisotopic (exact) mass is 397 g/mol. The van der Waals surface area contributed by atoms with Crippen molar-refractivity contribution in [2.24, 2.45) is 5.92 Å². The van der Waals surface area contributed by atoms with Crippen LogP contribution in [0.5, 0.6) is 5.75 Å². The van der Waals surface area contributed by atoms with Gasteiger partial charge in [-0.3, -0.25) is 4.79 Å². The molecule has 1 aliphatic rings. The average molecular weight is 398 g/mol. The molecule has 0 radical (unpaired) electrons. The zero-order valence-corrected chi connectivity index (χ0v) is 18.3. The fourth-order valence-corrected chi connectivity index (χ4v) is 4.22. The second-order valence-electron chi connectivity index (χ2n) is 8.49. The molecule has 1 saturated carbocycles. The van der Waals surface area contributed by atoms with Crippen LogP contribution >= 0.6 is 0 Å². The summed E-state index contributed by atoms with van der Waals surface area (Å²) in [7, 11) is 0. The van der Waals surface area contributed by atoms with Crippen LogP contribution in [0.4, 0.5) is 5.69 Å². The van der Waals surface area contributed by atoms with Gasteiger partial charge in [-0.15, -0.1) is 0 Å². The first-order valence-corrected chi connectivity index (χ1v) is 11.1. The van der Waals surface area contributed by atoms with Crippen molar-refractivity contribution in [1.82, 2.24) is 0 Å². The second kappa shape index (κ2) is 9.62. The van der Waals surface area contributed by atoms with E-state index >= 15 is 0 Å². The second-order valence-corrected chi connectivity index (χ2v) is 8.49. The van der Waals surface area contributed by atoms with Gasteiger partial charge in [0, 0.05) is 23.1 Å². The molecule has 0 heterocycles. The van der Waals surface area contributed by atoms with Gasteiger partial charge in [0.2, 0.25) is 0 Å². The third kappa shape index (κ3) is 4.92. The Bertz CT molecular complexity index is 834. The average Bonchev–Trinajstić information content (AvgIpc) is 2.73. The molecule has 0 saturated heterocycles. The van der Waals surface area contributed by atoms with Crippen LogP contribution in [0, 0.1) is 5.92 Å². The Morgan fingerprint density at radius 3 is 2.66 bits per heavy atom. The number of hydrogen-bond donors (Lipinski definition) is 1. The van der Waals surface area contributed by atoms with E-state index in [1.807, 2.05) is 30.3 Å². The van der Waals surface area contributed by atoms with Crippen LogP contribution in [0.15, 0.2) is 36.4 Å². The Hall–Kier alpha value is -2.07. The van der Waals surface area contributed by atoms with Gasteiger partial charge >= 0.3 is 0 Å². The first-order chi connectivity index (χ1) is 14.0. The Labute approximate surface area is 175 Å². The highest BCUT2D eigenvalue weighted by atomic mass is 16.5. The van der Waals surface area contributed by atoms with Crippen molar-refractivity contribution in [3.63, 3.8) is 0 Å². The highest BCUT2D eigenvalue weighted by molar-refractivity contribution is 6.06. The van der Waals surface area contributed by atoms with Gasteiger partial charge in [-0.1, -0.05) is 51.5 Å². The molecule has 4 heteroatoms. The van der Waals surface area contributed by atoms with E-state index in [0.717, 1.165) is 60.7 Å². The van der Waals surface area contributed by atoms with Crippen LogP contribution in [-0.2, 0) is 9.53 Å². The van der Waals surface area contributed by atoms with Gasteiger partial charge in [-0.05, 0) is 57.1 Å². The minimum atomic E-state index is -0.722. The van der Waals surface area contributed by atoms with E-state index in [1.165, 1.54) is 0 Å². The maximum atomic E-state index is 13.4. The molecule has 0 spiro atoms. The lowest BCUT2D eigenvalue weighted by Gasteiger charge is -2.38. The summed E-state index contributed by atoms with van der Waals surface area (Å²) in [6, 6.07) is 12.0. The Morgan fingerprint density at radius 1 is 1.21 bits per heavy atom. The van der Waals surface area contributed by atoms with Gasteiger partial charge < -0.3 is 14.8 Å². The van der Waals surface area contributed by atoms with Crippen LogP contribution in [-0.4, -0.2) is 24.2 Å². The van der Waals surface area contributed by atoms with E-state index in [-0.39, 0.29) is 12.0 Å². The first-order valence-electron chi connectivity index (χ1n) is 11.1. The van der Waals surface area contributed by atoms with Crippen LogP contribution in [0.1, 0.15) is 66.2 Å². The molecule has 0 bridgehead atoms. The Balaban J connectivity index is 1.90. The molecule has 3 atom stereocenters. The van der Waals surface area contributed by atoms with Crippen molar-refractivity contribution in [3.8, 4) is 5.75 Å². The van der Waals surface area contributed by atoms with E-state index in [4.69, 9.17) is 9.47 Å². The summed E-state index contributed by atoms with van der Waals surface area (Å²) >= 11 is 0. The topological polar surface area (TPSA) is 47.6 Å². The van der Waals surface area contributed by atoms with Crippen molar-refractivity contribution < 1.29 is 14.3 Å². The predicted octanol–water partition coefficient (Wildman–Crippen LogP) is 6.33. The quantitative estimate of drug-likeness (QED) is 0.566. The molecule has 1 amide bonds. The summed E-state index contributed by atoms with van der Waals surface area (Å²) in [6.45, 7) is 9.10. The van der Waals surface area contributed by atoms with Crippen molar-refractivity contribution in [2.75, 3.05) is 11.9 Å². The van der Waals surface area contributed by atoms with Gasteiger partial charge in [0.15, 0.2) is 0 Å². The number of fused-ring (bicyclic) bond motifs is 1. The van der Waals surface area contributed by atoms with E-state index in [9.17, 15) is 4.79 Å². The number of rotatable bonds is 8. The van der Waals surface area contributed by atoms with Gasteiger partial charge in [0.25, 0.3) is 5.91 Å². The molecule has 3 rings (SSSR count). The molecule has 4 nitrogen and oxygen atoms in total. The Morgan fingerprint density at radius 2 is 1.97 bits per heavy atom. The van der Waals surface area contributed by atoms with Crippen LogP contribution in [0.2, 0.25) is 0 Å². The molecule has 29 heavy (non-hydrogen) atoms. The Kier molecular flexibility index (Phi) is 7.18. The molecular weight excluding hydrogens is 362 g/mol. The number of carbonyl (C=O) groups excluding carboxylic acids is 1. The third-order valence-corrected chi connectivity index (χ3v) is 5.99. The van der Waals surface area contributed by atoms with Crippen LogP contribution in [0.25, 0.3) is 10.8 Å². The molecule has 1 N–H and O–H groups in total. The number of hydrogen-bond acceptors (Lipinski definition) is 3. The number of benzene rings is 2. The lowest BCUT2D eigenvalue weighted by atomic mass is 9.78.